The van der Waals surface area contributed by atoms with Gasteiger partial charge in [0.2, 0.25) is 0 Å². The molecular weight excluding hydrogens is 409 g/mol. The third-order valence-electron chi connectivity index (χ3n) is 5.86. The minimum atomic E-state index is -4.45. The molecule has 1 fully saturated rings. The fourth-order valence-corrected chi connectivity index (χ4v) is 4.17. The molecule has 1 atom stereocenters. The summed E-state index contributed by atoms with van der Waals surface area (Å²) < 4.78 is 44.1. The van der Waals surface area contributed by atoms with Gasteiger partial charge in [0.1, 0.15) is 17.1 Å². The summed E-state index contributed by atoms with van der Waals surface area (Å²) in [7, 11) is 0. The predicted octanol–water partition coefficient (Wildman–Crippen LogP) is 5.70. The number of alkyl halides is 3. The van der Waals surface area contributed by atoms with E-state index >= 15 is 0 Å². The normalized spacial score (nSPS) is 17.4. The zero-order chi connectivity index (χ0) is 22.3. The third-order valence-corrected chi connectivity index (χ3v) is 5.86. The lowest BCUT2D eigenvalue weighted by atomic mass is 10.0. The molecule has 1 aliphatic heterocycles. The van der Waals surface area contributed by atoms with Crippen molar-refractivity contribution < 1.29 is 27.5 Å². The fraction of sp³-hybridized carbons (Fsp3) is 0.348. The van der Waals surface area contributed by atoms with Gasteiger partial charge in [0.15, 0.2) is 0 Å². The van der Waals surface area contributed by atoms with Crippen molar-refractivity contribution >= 4 is 22.6 Å². The maximum Gasteiger partial charge on any atom is 0.416 e. The summed E-state index contributed by atoms with van der Waals surface area (Å²) in [5, 5.41) is 13.7. The SMILES string of the molecule is Cc1oc2ccc(O)c(CN3CCC[C@@H]3C)c2c1C(=O)Nc1ccc(C(F)(F)F)cc1. The molecule has 164 valence electrons. The van der Waals surface area contributed by atoms with E-state index in [2.05, 4.69) is 17.1 Å². The van der Waals surface area contributed by atoms with Crippen LogP contribution in [-0.4, -0.2) is 28.5 Å². The molecule has 2 aromatic carbocycles. The number of fused-ring (bicyclic) bond motifs is 1. The summed E-state index contributed by atoms with van der Waals surface area (Å²) in [4.78, 5) is 15.3. The van der Waals surface area contributed by atoms with Gasteiger partial charge in [-0.25, -0.2) is 0 Å². The average Bonchev–Trinajstić information content (AvgIpc) is 3.26. The van der Waals surface area contributed by atoms with Crippen LogP contribution in [0.25, 0.3) is 11.0 Å². The zero-order valence-corrected chi connectivity index (χ0v) is 17.2. The second-order valence-corrected chi connectivity index (χ2v) is 7.96. The van der Waals surface area contributed by atoms with E-state index in [-0.39, 0.29) is 17.0 Å². The van der Waals surface area contributed by atoms with E-state index in [1.165, 1.54) is 12.1 Å². The summed E-state index contributed by atoms with van der Waals surface area (Å²) in [6.07, 6.45) is -2.30. The summed E-state index contributed by atoms with van der Waals surface area (Å²) in [5.74, 6) is -0.0472. The number of aryl methyl sites for hydroxylation is 1. The van der Waals surface area contributed by atoms with Crippen LogP contribution < -0.4 is 5.32 Å². The second-order valence-electron chi connectivity index (χ2n) is 7.96. The van der Waals surface area contributed by atoms with E-state index in [4.69, 9.17) is 4.42 Å². The average molecular weight is 432 g/mol. The van der Waals surface area contributed by atoms with Gasteiger partial charge in [0.05, 0.1) is 11.1 Å². The molecule has 31 heavy (non-hydrogen) atoms. The Labute approximate surface area is 177 Å². The number of nitrogens with one attached hydrogen (secondary N) is 1. The van der Waals surface area contributed by atoms with Gasteiger partial charge in [-0.05, 0) is 69.6 Å². The Balaban J connectivity index is 1.69. The van der Waals surface area contributed by atoms with Crippen LogP contribution in [0.4, 0.5) is 18.9 Å². The number of hydrogen-bond donors (Lipinski definition) is 2. The highest BCUT2D eigenvalue weighted by Gasteiger charge is 2.30. The summed E-state index contributed by atoms with van der Waals surface area (Å²) in [6, 6.07) is 7.80. The van der Waals surface area contributed by atoms with Gasteiger partial charge in [-0.1, -0.05) is 0 Å². The molecule has 0 saturated carbocycles. The number of carbonyl (C=O) groups is 1. The summed E-state index contributed by atoms with van der Waals surface area (Å²) in [5.41, 5.74) is 0.812. The highest BCUT2D eigenvalue weighted by atomic mass is 19.4. The van der Waals surface area contributed by atoms with E-state index in [0.717, 1.165) is 31.5 Å². The molecule has 3 aromatic rings. The van der Waals surface area contributed by atoms with Crippen LogP contribution in [-0.2, 0) is 12.7 Å². The molecule has 2 heterocycles. The van der Waals surface area contributed by atoms with Crippen molar-refractivity contribution in [1.29, 1.82) is 0 Å². The second kappa shape index (κ2) is 7.92. The predicted molar refractivity (Wildman–Crippen MR) is 111 cm³/mol. The number of rotatable bonds is 4. The smallest absolute Gasteiger partial charge is 0.416 e. The Morgan fingerprint density at radius 1 is 1.23 bits per heavy atom. The Morgan fingerprint density at radius 2 is 1.94 bits per heavy atom. The van der Waals surface area contributed by atoms with Crippen LogP contribution in [0.3, 0.4) is 0 Å². The van der Waals surface area contributed by atoms with Crippen molar-refractivity contribution in [2.75, 3.05) is 11.9 Å². The molecule has 1 saturated heterocycles. The van der Waals surface area contributed by atoms with E-state index in [1.807, 2.05) is 0 Å². The van der Waals surface area contributed by atoms with Crippen molar-refractivity contribution in [3.8, 4) is 5.75 Å². The molecule has 4 rings (SSSR count). The fourth-order valence-electron chi connectivity index (χ4n) is 4.17. The van der Waals surface area contributed by atoms with Gasteiger partial charge >= 0.3 is 6.18 Å². The number of phenols is 1. The largest absolute Gasteiger partial charge is 0.508 e. The number of aromatic hydroxyl groups is 1. The number of nitrogens with zero attached hydrogens (tertiary/aromatic N) is 1. The maximum absolute atomic E-state index is 13.1. The number of benzene rings is 2. The number of phenolic OH excluding ortho intramolecular Hbond substituents is 1. The van der Waals surface area contributed by atoms with Crippen LogP contribution in [0.15, 0.2) is 40.8 Å². The monoisotopic (exact) mass is 432 g/mol. The molecule has 2 N–H and O–H groups in total. The van der Waals surface area contributed by atoms with Crippen molar-refractivity contribution in [3.05, 3.63) is 58.8 Å². The molecule has 1 aromatic heterocycles. The van der Waals surface area contributed by atoms with Crippen LogP contribution >= 0.6 is 0 Å². The van der Waals surface area contributed by atoms with Gasteiger partial charge in [-0.3, -0.25) is 9.69 Å². The first-order chi connectivity index (χ1) is 14.6. The molecular formula is C23H23F3N2O3. The van der Waals surface area contributed by atoms with Crippen molar-refractivity contribution in [1.82, 2.24) is 4.90 Å². The molecule has 0 aliphatic carbocycles. The Morgan fingerprint density at radius 3 is 2.55 bits per heavy atom. The molecule has 0 radical (unpaired) electrons. The number of anilines is 1. The number of furan rings is 1. The third kappa shape index (κ3) is 4.12. The van der Waals surface area contributed by atoms with Crippen molar-refractivity contribution in [2.45, 2.75) is 45.5 Å². The quantitative estimate of drug-likeness (QED) is 0.555. The van der Waals surface area contributed by atoms with Gasteiger partial charge < -0.3 is 14.8 Å². The maximum atomic E-state index is 13.1. The van der Waals surface area contributed by atoms with Crippen molar-refractivity contribution in [2.24, 2.45) is 0 Å². The molecule has 8 heteroatoms. The number of hydrogen-bond acceptors (Lipinski definition) is 4. The summed E-state index contributed by atoms with van der Waals surface area (Å²) >= 11 is 0. The molecule has 5 nitrogen and oxygen atoms in total. The Bertz CT molecular complexity index is 1120. The van der Waals surface area contributed by atoms with Gasteiger partial charge in [0, 0.05) is 29.2 Å². The van der Waals surface area contributed by atoms with Gasteiger partial charge in [-0.15, -0.1) is 0 Å². The molecule has 1 aliphatic rings. The number of likely N-dealkylation sites (tertiary alicyclic amines) is 1. The van der Waals surface area contributed by atoms with E-state index in [0.29, 0.717) is 34.9 Å². The first-order valence-corrected chi connectivity index (χ1v) is 10.1. The first-order valence-electron chi connectivity index (χ1n) is 10.1. The van der Waals surface area contributed by atoms with E-state index < -0.39 is 17.6 Å². The van der Waals surface area contributed by atoms with Crippen LogP contribution in [0.1, 0.15) is 47.0 Å². The number of amides is 1. The Kier molecular flexibility index (Phi) is 5.43. The lowest BCUT2D eigenvalue weighted by Gasteiger charge is -2.22. The first kappa shape index (κ1) is 21.2. The highest BCUT2D eigenvalue weighted by molar-refractivity contribution is 6.14. The minimum absolute atomic E-state index is 0.0796. The van der Waals surface area contributed by atoms with E-state index in [9.17, 15) is 23.1 Å². The van der Waals surface area contributed by atoms with Gasteiger partial charge in [0.25, 0.3) is 5.91 Å². The molecule has 0 unspecified atom stereocenters. The highest BCUT2D eigenvalue weighted by Crippen LogP contribution is 2.36. The minimum Gasteiger partial charge on any atom is -0.508 e. The topological polar surface area (TPSA) is 65.7 Å². The van der Waals surface area contributed by atoms with Crippen LogP contribution in [0.2, 0.25) is 0 Å². The lowest BCUT2D eigenvalue weighted by molar-refractivity contribution is -0.137. The number of carbonyl (C=O) groups excluding carboxylic acids is 1. The Hall–Kier alpha value is -3.00. The van der Waals surface area contributed by atoms with Gasteiger partial charge in [-0.2, -0.15) is 13.2 Å². The molecule has 1 amide bonds. The van der Waals surface area contributed by atoms with E-state index in [1.54, 1.807) is 19.1 Å². The molecule has 0 bridgehead atoms. The van der Waals surface area contributed by atoms with Crippen LogP contribution in [0.5, 0.6) is 5.75 Å². The number of halogens is 3. The van der Waals surface area contributed by atoms with Crippen LogP contribution in [0, 0.1) is 6.92 Å². The van der Waals surface area contributed by atoms with Crippen molar-refractivity contribution in [3.63, 3.8) is 0 Å². The standard InChI is InChI=1S/C23H23F3N2O3/c1-13-4-3-11-28(13)12-17-18(29)9-10-19-21(17)20(14(2)31-19)22(30)27-16-7-5-15(6-8-16)23(24,25)26/h5-10,13,29H,3-4,11-12H2,1-2H3,(H,27,30)/t13-/m0/s1. The summed E-state index contributed by atoms with van der Waals surface area (Å²) in [6.45, 7) is 5.16. The molecule has 0 spiro atoms. The lowest BCUT2D eigenvalue weighted by Crippen LogP contribution is -2.26. The zero-order valence-electron chi connectivity index (χ0n) is 17.2.